The number of carbonyl (C=O) groups excluding carboxylic acids is 1. The van der Waals surface area contributed by atoms with Crippen LogP contribution in [0.4, 0.5) is 22.7 Å². The molecule has 0 bridgehead atoms. The fourth-order valence-electron chi connectivity index (χ4n) is 2.74. The summed E-state index contributed by atoms with van der Waals surface area (Å²) in [6.07, 6.45) is 0. The van der Waals surface area contributed by atoms with Crippen molar-refractivity contribution in [1.29, 1.82) is 0 Å². The van der Waals surface area contributed by atoms with Gasteiger partial charge < -0.3 is 15.1 Å². The monoisotopic (exact) mass is 356 g/mol. The van der Waals surface area contributed by atoms with Gasteiger partial charge in [-0.15, -0.1) is 0 Å². The smallest absolute Gasteiger partial charge is 0.293 e. The normalized spacial score (nSPS) is 10.3. The Labute approximate surface area is 153 Å². The van der Waals surface area contributed by atoms with E-state index in [0.717, 1.165) is 18.8 Å². The Morgan fingerprint density at radius 2 is 1.69 bits per heavy atom. The zero-order valence-corrected chi connectivity index (χ0v) is 15.5. The van der Waals surface area contributed by atoms with Crippen molar-refractivity contribution in [3.05, 3.63) is 58.1 Å². The van der Waals surface area contributed by atoms with Gasteiger partial charge in [-0.1, -0.05) is 0 Å². The van der Waals surface area contributed by atoms with E-state index in [0.29, 0.717) is 11.4 Å². The number of nitrogens with zero attached hydrogens (tertiary/aromatic N) is 3. The lowest BCUT2D eigenvalue weighted by Crippen LogP contribution is -2.21. The van der Waals surface area contributed by atoms with Crippen LogP contribution in [0.2, 0.25) is 0 Å². The summed E-state index contributed by atoms with van der Waals surface area (Å²) < 4.78 is 0. The molecule has 0 aromatic heterocycles. The van der Waals surface area contributed by atoms with E-state index in [1.54, 1.807) is 31.1 Å². The van der Waals surface area contributed by atoms with Crippen molar-refractivity contribution >= 4 is 28.7 Å². The van der Waals surface area contributed by atoms with Crippen molar-refractivity contribution in [2.75, 3.05) is 42.3 Å². The molecule has 0 saturated heterocycles. The Kier molecular flexibility index (Phi) is 6.16. The Hall–Kier alpha value is -3.09. The largest absolute Gasteiger partial charge is 0.372 e. The Bertz CT molecular complexity index is 784. The molecule has 0 aliphatic rings. The Morgan fingerprint density at radius 3 is 2.19 bits per heavy atom. The van der Waals surface area contributed by atoms with E-state index >= 15 is 0 Å². The minimum atomic E-state index is -0.481. The molecule has 0 unspecified atom stereocenters. The molecular formula is C19H24N4O3. The minimum Gasteiger partial charge on any atom is -0.372 e. The van der Waals surface area contributed by atoms with Crippen molar-refractivity contribution in [2.45, 2.75) is 13.8 Å². The second kappa shape index (κ2) is 8.33. The van der Waals surface area contributed by atoms with Crippen LogP contribution in [0.1, 0.15) is 24.2 Å². The molecular weight excluding hydrogens is 332 g/mol. The van der Waals surface area contributed by atoms with Gasteiger partial charge in [0.1, 0.15) is 5.69 Å². The number of nitrogens with one attached hydrogen (secondary N) is 1. The lowest BCUT2D eigenvalue weighted by atomic mass is 10.1. The van der Waals surface area contributed by atoms with E-state index in [2.05, 4.69) is 24.1 Å². The molecule has 1 N–H and O–H groups in total. The van der Waals surface area contributed by atoms with Gasteiger partial charge in [0.05, 0.1) is 4.92 Å². The second-order valence-electron chi connectivity index (χ2n) is 6.03. The van der Waals surface area contributed by atoms with Crippen molar-refractivity contribution in [3.8, 4) is 0 Å². The summed E-state index contributed by atoms with van der Waals surface area (Å²) in [5.41, 5.74) is 2.33. The number of hydrogen-bond donors (Lipinski definition) is 1. The molecule has 0 fully saturated rings. The molecule has 7 heteroatoms. The number of rotatable bonds is 7. The fourth-order valence-corrected chi connectivity index (χ4v) is 2.74. The maximum atomic E-state index is 12.4. The van der Waals surface area contributed by atoms with E-state index in [-0.39, 0.29) is 17.2 Å². The molecule has 2 rings (SSSR count). The molecule has 0 spiro atoms. The highest BCUT2D eigenvalue weighted by molar-refractivity contribution is 6.05. The van der Waals surface area contributed by atoms with E-state index in [4.69, 9.17) is 0 Å². The van der Waals surface area contributed by atoms with Crippen molar-refractivity contribution in [2.24, 2.45) is 0 Å². The molecule has 7 nitrogen and oxygen atoms in total. The SMILES string of the molecule is CCN(CC)c1ccc(NC(=O)c2ccc(N(C)C)c([N+](=O)[O-])c2)cc1. The van der Waals surface area contributed by atoms with Gasteiger partial charge in [0.25, 0.3) is 11.6 Å². The molecule has 138 valence electrons. The molecule has 0 radical (unpaired) electrons. The highest BCUT2D eigenvalue weighted by atomic mass is 16.6. The predicted molar refractivity (Wildman–Crippen MR) is 105 cm³/mol. The van der Waals surface area contributed by atoms with Crippen LogP contribution in [0.15, 0.2) is 42.5 Å². The lowest BCUT2D eigenvalue weighted by molar-refractivity contribution is -0.384. The van der Waals surface area contributed by atoms with Crippen LogP contribution in [0.3, 0.4) is 0 Å². The molecule has 0 atom stereocenters. The maximum Gasteiger partial charge on any atom is 0.293 e. The fraction of sp³-hybridized carbons (Fsp3) is 0.316. The van der Waals surface area contributed by atoms with Gasteiger partial charge >= 0.3 is 0 Å². The molecule has 26 heavy (non-hydrogen) atoms. The summed E-state index contributed by atoms with van der Waals surface area (Å²) in [5, 5.41) is 14.0. The van der Waals surface area contributed by atoms with Crippen LogP contribution in [-0.2, 0) is 0 Å². The third-order valence-corrected chi connectivity index (χ3v) is 4.17. The van der Waals surface area contributed by atoms with Crippen LogP contribution < -0.4 is 15.1 Å². The zero-order chi connectivity index (χ0) is 19.3. The molecule has 2 aromatic carbocycles. The Balaban J connectivity index is 2.19. The van der Waals surface area contributed by atoms with Gasteiger partial charge in [0.2, 0.25) is 0 Å². The zero-order valence-electron chi connectivity index (χ0n) is 15.5. The van der Waals surface area contributed by atoms with Gasteiger partial charge in [-0.2, -0.15) is 0 Å². The van der Waals surface area contributed by atoms with E-state index in [9.17, 15) is 14.9 Å². The van der Waals surface area contributed by atoms with Gasteiger partial charge in [0, 0.05) is 50.2 Å². The first-order valence-corrected chi connectivity index (χ1v) is 8.49. The van der Waals surface area contributed by atoms with Crippen molar-refractivity contribution < 1.29 is 9.72 Å². The highest BCUT2D eigenvalue weighted by Gasteiger charge is 2.19. The number of anilines is 3. The minimum absolute atomic E-state index is 0.0977. The summed E-state index contributed by atoms with van der Waals surface area (Å²) in [7, 11) is 3.44. The van der Waals surface area contributed by atoms with Crippen LogP contribution >= 0.6 is 0 Å². The van der Waals surface area contributed by atoms with Gasteiger partial charge in [-0.25, -0.2) is 0 Å². The predicted octanol–water partition coefficient (Wildman–Crippen LogP) is 3.76. The van der Waals surface area contributed by atoms with Crippen LogP contribution in [-0.4, -0.2) is 38.0 Å². The number of nitro benzene ring substituents is 1. The van der Waals surface area contributed by atoms with Gasteiger partial charge in [0.15, 0.2) is 0 Å². The summed E-state index contributed by atoms with van der Waals surface area (Å²) in [4.78, 5) is 27.1. The van der Waals surface area contributed by atoms with Gasteiger partial charge in [-0.3, -0.25) is 14.9 Å². The number of hydrogen-bond acceptors (Lipinski definition) is 5. The summed E-state index contributed by atoms with van der Waals surface area (Å²) in [5.74, 6) is -0.381. The molecule has 0 aliphatic carbocycles. The maximum absolute atomic E-state index is 12.4. The van der Waals surface area contributed by atoms with E-state index in [1.165, 1.54) is 6.07 Å². The summed E-state index contributed by atoms with van der Waals surface area (Å²) in [6, 6.07) is 12.0. The first-order chi connectivity index (χ1) is 12.4. The standard InChI is InChI=1S/C19H24N4O3/c1-5-22(6-2)16-10-8-15(9-11-16)20-19(24)14-7-12-17(21(3)4)18(13-14)23(25)26/h7-13H,5-6H2,1-4H3,(H,20,24). The molecule has 0 aliphatic heterocycles. The number of benzene rings is 2. The lowest BCUT2D eigenvalue weighted by Gasteiger charge is -2.21. The highest BCUT2D eigenvalue weighted by Crippen LogP contribution is 2.28. The van der Waals surface area contributed by atoms with Crippen molar-refractivity contribution in [3.63, 3.8) is 0 Å². The van der Waals surface area contributed by atoms with Crippen LogP contribution in [0, 0.1) is 10.1 Å². The van der Waals surface area contributed by atoms with Gasteiger partial charge in [-0.05, 0) is 50.2 Å². The average molecular weight is 356 g/mol. The van der Waals surface area contributed by atoms with Crippen LogP contribution in [0.5, 0.6) is 0 Å². The number of amides is 1. The average Bonchev–Trinajstić information content (AvgIpc) is 2.63. The second-order valence-corrected chi connectivity index (χ2v) is 6.03. The summed E-state index contributed by atoms with van der Waals surface area (Å²) >= 11 is 0. The van der Waals surface area contributed by atoms with Crippen molar-refractivity contribution in [1.82, 2.24) is 0 Å². The number of nitro groups is 1. The molecule has 2 aromatic rings. The quantitative estimate of drug-likeness (QED) is 0.604. The van der Waals surface area contributed by atoms with Crippen LogP contribution in [0.25, 0.3) is 0 Å². The molecule has 0 heterocycles. The topological polar surface area (TPSA) is 78.7 Å². The number of carbonyl (C=O) groups is 1. The first kappa shape index (κ1) is 19.2. The molecule has 0 saturated carbocycles. The Morgan fingerprint density at radius 1 is 1.08 bits per heavy atom. The van der Waals surface area contributed by atoms with E-state index < -0.39 is 4.92 Å². The van der Waals surface area contributed by atoms with E-state index in [1.807, 2.05) is 24.3 Å². The first-order valence-electron chi connectivity index (χ1n) is 8.49. The third kappa shape index (κ3) is 4.30. The summed E-state index contributed by atoms with van der Waals surface area (Å²) in [6.45, 7) is 5.99. The third-order valence-electron chi connectivity index (χ3n) is 4.17. The molecule has 1 amide bonds.